The van der Waals surface area contributed by atoms with Gasteiger partial charge < -0.3 is 9.84 Å². The zero-order valence-electron chi connectivity index (χ0n) is 14.0. The van der Waals surface area contributed by atoms with Crippen LogP contribution >= 0.6 is 11.8 Å². The molecule has 2 aromatic rings. The molecule has 1 aromatic heterocycles. The molecule has 0 saturated heterocycles. The number of hydrogen-bond donors (Lipinski definition) is 1. The number of carbonyl (C=O) groups is 1. The van der Waals surface area contributed by atoms with E-state index in [4.69, 9.17) is 4.52 Å². The van der Waals surface area contributed by atoms with E-state index < -0.39 is 0 Å². The minimum absolute atomic E-state index is 0.0240. The maximum absolute atomic E-state index is 12.0. The first-order chi connectivity index (χ1) is 10.9. The van der Waals surface area contributed by atoms with Crippen molar-refractivity contribution >= 4 is 17.7 Å². The normalized spacial score (nSPS) is 11.5. The van der Waals surface area contributed by atoms with E-state index in [9.17, 15) is 4.79 Å². The molecule has 1 heterocycles. The Morgan fingerprint density at radius 3 is 2.78 bits per heavy atom. The molecule has 0 aliphatic carbocycles. The van der Waals surface area contributed by atoms with Crippen molar-refractivity contribution in [3.05, 3.63) is 47.1 Å². The molecule has 0 unspecified atom stereocenters. The lowest BCUT2D eigenvalue weighted by atomic mass is 9.84. The van der Waals surface area contributed by atoms with Crippen LogP contribution in [0, 0.1) is 13.8 Å². The lowest BCUT2D eigenvalue weighted by Gasteiger charge is -2.26. The molecule has 124 valence electrons. The lowest BCUT2D eigenvalue weighted by molar-refractivity contribution is -0.118. The van der Waals surface area contributed by atoms with E-state index in [1.807, 2.05) is 0 Å². The second-order valence-electron chi connectivity index (χ2n) is 6.25. The third kappa shape index (κ3) is 5.39. The Morgan fingerprint density at radius 1 is 1.35 bits per heavy atom. The largest absolute Gasteiger partial charge is 0.355 e. The Bertz CT molecular complexity index is 667. The summed E-state index contributed by atoms with van der Waals surface area (Å²) in [6.45, 7) is 8.71. The fourth-order valence-electron chi connectivity index (χ4n) is 2.17. The van der Waals surface area contributed by atoms with Crippen LogP contribution in [0.2, 0.25) is 0 Å². The maximum atomic E-state index is 12.0. The van der Waals surface area contributed by atoms with Crippen molar-refractivity contribution in [2.24, 2.45) is 0 Å². The maximum Gasteiger partial charge on any atom is 0.230 e. The van der Waals surface area contributed by atoms with Crippen LogP contribution in [0.3, 0.4) is 0 Å². The van der Waals surface area contributed by atoms with Gasteiger partial charge >= 0.3 is 0 Å². The van der Waals surface area contributed by atoms with Gasteiger partial charge in [0.2, 0.25) is 11.8 Å². The van der Waals surface area contributed by atoms with Crippen molar-refractivity contribution in [2.75, 3.05) is 12.3 Å². The van der Waals surface area contributed by atoms with Crippen LogP contribution in [-0.4, -0.2) is 28.3 Å². The van der Waals surface area contributed by atoms with Gasteiger partial charge in [-0.3, -0.25) is 4.79 Å². The Labute approximate surface area is 141 Å². The standard InChI is InChI=1S/C17H23N3O2S/c1-12-6-5-7-14(8-12)17(3,4)11-18-16(21)10-23-9-15-19-13(2)22-20-15/h5-8H,9-11H2,1-4H3,(H,18,21). The van der Waals surface area contributed by atoms with E-state index in [-0.39, 0.29) is 11.3 Å². The third-order valence-corrected chi connectivity index (χ3v) is 4.49. The highest BCUT2D eigenvalue weighted by atomic mass is 32.2. The highest BCUT2D eigenvalue weighted by Gasteiger charge is 2.21. The van der Waals surface area contributed by atoms with Crippen LogP contribution in [0.4, 0.5) is 0 Å². The highest BCUT2D eigenvalue weighted by molar-refractivity contribution is 7.99. The number of amides is 1. The monoisotopic (exact) mass is 333 g/mol. The van der Waals surface area contributed by atoms with Crippen LogP contribution in [0.1, 0.15) is 36.7 Å². The van der Waals surface area contributed by atoms with E-state index in [2.05, 4.69) is 60.5 Å². The molecule has 0 saturated carbocycles. The molecular weight excluding hydrogens is 310 g/mol. The average Bonchev–Trinajstić information content (AvgIpc) is 2.91. The van der Waals surface area contributed by atoms with E-state index in [1.165, 1.54) is 22.9 Å². The van der Waals surface area contributed by atoms with Gasteiger partial charge in [-0.15, -0.1) is 11.8 Å². The minimum atomic E-state index is -0.100. The molecule has 0 aliphatic rings. The Morgan fingerprint density at radius 2 is 2.13 bits per heavy atom. The first kappa shape index (κ1) is 17.5. The van der Waals surface area contributed by atoms with Gasteiger partial charge in [-0.1, -0.05) is 48.8 Å². The predicted octanol–water partition coefficient (Wildman–Crippen LogP) is 3.01. The van der Waals surface area contributed by atoms with Crippen LogP contribution in [-0.2, 0) is 16.0 Å². The van der Waals surface area contributed by atoms with Gasteiger partial charge in [-0.25, -0.2) is 0 Å². The van der Waals surface area contributed by atoms with E-state index in [0.29, 0.717) is 29.8 Å². The van der Waals surface area contributed by atoms with Crippen molar-refractivity contribution in [3.8, 4) is 0 Å². The molecule has 23 heavy (non-hydrogen) atoms. The zero-order chi connectivity index (χ0) is 16.9. The number of hydrogen-bond acceptors (Lipinski definition) is 5. The van der Waals surface area contributed by atoms with Crippen molar-refractivity contribution < 1.29 is 9.32 Å². The molecule has 5 nitrogen and oxygen atoms in total. The van der Waals surface area contributed by atoms with Crippen molar-refractivity contribution in [1.29, 1.82) is 0 Å². The van der Waals surface area contributed by atoms with Gasteiger partial charge in [0.25, 0.3) is 0 Å². The summed E-state index contributed by atoms with van der Waals surface area (Å²) in [5.74, 6) is 2.16. The summed E-state index contributed by atoms with van der Waals surface area (Å²) in [5.41, 5.74) is 2.36. The molecule has 1 N–H and O–H groups in total. The highest BCUT2D eigenvalue weighted by Crippen LogP contribution is 2.23. The summed E-state index contributed by atoms with van der Waals surface area (Å²) < 4.78 is 4.90. The molecule has 1 amide bonds. The summed E-state index contributed by atoms with van der Waals surface area (Å²) in [5, 5.41) is 6.82. The number of carbonyl (C=O) groups excluding carboxylic acids is 1. The molecule has 0 spiro atoms. The summed E-state index contributed by atoms with van der Waals surface area (Å²) >= 11 is 1.48. The predicted molar refractivity (Wildman–Crippen MR) is 92.4 cm³/mol. The van der Waals surface area contributed by atoms with Crippen molar-refractivity contribution in [1.82, 2.24) is 15.5 Å². The van der Waals surface area contributed by atoms with E-state index >= 15 is 0 Å². The number of thioether (sulfide) groups is 1. The Balaban J connectivity index is 1.77. The van der Waals surface area contributed by atoms with Gasteiger partial charge in [0.15, 0.2) is 5.82 Å². The second kappa shape index (κ2) is 7.64. The topological polar surface area (TPSA) is 68.0 Å². The minimum Gasteiger partial charge on any atom is -0.355 e. The van der Waals surface area contributed by atoms with E-state index in [1.54, 1.807) is 6.92 Å². The first-order valence-corrected chi connectivity index (χ1v) is 8.73. The summed E-state index contributed by atoms with van der Waals surface area (Å²) in [4.78, 5) is 16.1. The van der Waals surface area contributed by atoms with E-state index in [0.717, 1.165) is 0 Å². The molecule has 6 heteroatoms. The summed E-state index contributed by atoms with van der Waals surface area (Å²) in [6, 6.07) is 8.40. The molecule has 0 atom stereocenters. The third-order valence-electron chi connectivity index (χ3n) is 3.56. The Kier molecular flexibility index (Phi) is 5.82. The van der Waals surface area contributed by atoms with Crippen LogP contribution in [0.15, 0.2) is 28.8 Å². The van der Waals surface area contributed by atoms with Crippen LogP contribution < -0.4 is 5.32 Å². The van der Waals surface area contributed by atoms with Gasteiger partial charge in [-0.2, -0.15) is 4.98 Å². The second-order valence-corrected chi connectivity index (χ2v) is 7.24. The fourth-order valence-corrected chi connectivity index (χ4v) is 2.86. The van der Waals surface area contributed by atoms with Gasteiger partial charge in [0.1, 0.15) is 0 Å². The van der Waals surface area contributed by atoms with Gasteiger partial charge in [0.05, 0.1) is 11.5 Å². The number of aromatic nitrogens is 2. The number of rotatable bonds is 7. The summed E-state index contributed by atoms with van der Waals surface area (Å²) in [7, 11) is 0. The van der Waals surface area contributed by atoms with Crippen molar-refractivity contribution in [3.63, 3.8) is 0 Å². The quantitative estimate of drug-likeness (QED) is 0.843. The zero-order valence-corrected chi connectivity index (χ0v) is 14.9. The summed E-state index contributed by atoms with van der Waals surface area (Å²) in [6.07, 6.45) is 0. The number of aryl methyl sites for hydroxylation is 2. The molecular formula is C17H23N3O2S. The molecule has 0 bridgehead atoms. The number of nitrogens with one attached hydrogen (secondary N) is 1. The van der Waals surface area contributed by atoms with Gasteiger partial charge in [-0.05, 0) is 12.5 Å². The number of benzene rings is 1. The van der Waals surface area contributed by atoms with Crippen LogP contribution in [0.5, 0.6) is 0 Å². The molecule has 0 aliphatic heterocycles. The molecule has 1 aromatic carbocycles. The van der Waals surface area contributed by atoms with Gasteiger partial charge in [0, 0.05) is 18.9 Å². The lowest BCUT2D eigenvalue weighted by Crippen LogP contribution is -2.37. The Hall–Kier alpha value is -1.82. The molecule has 0 fully saturated rings. The smallest absolute Gasteiger partial charge is 0.230 e. The van der Waals surface area contributed by atoms with Crippen molar-refractivity contribution in [2.45, 2.75) is 38.9 Å². The molecule has 0 radical (unpaired) electrons. The average molecular weight is 333 g/mol. The SMILES string of the molecule is Cc1cccc(C(C)(C)CNC(=O)CSCc2noc(C)n2)c1. The molecule has 2 rings (SSSR count). The fraction of sp³-hybridized carbons (Fsp3) is 0.471. The number of nitrogens with zero attached hydrogens (tertiary/aromatic N) is 2. The first-order valence-electron chi connectivity index (χ1n) is 7.57. The van der Waals surface area contributed by atoms with Crippen LogP contribution in [0.25, 0.3) is 0 Å².